The Labute approximate surface area is 103 Å². The molecule has 0 amide bonds. The van der Waals surface area contributed by atoms with Gasteiger partial charge in [0.25, 0.3) is 0 Å². The minimum absolute atomic E-state index is 0.00139. The lowest BCUT2D eigenvalue weighted by Crippen LogP contribution is -2.42. The lowest BCUT2D eigenvalue weighted by Gasteiger charge is -2.36. The molecule has 0 aromatic carbocycles. The lowest BCUT2D eigenvalue weighted by atomic mass is 10.1. The fourth-order valence-corrected chi connectivity index (χ4v) is 2.43. The first-order chi connectivity index (χ1) is 6.62. The van der Waals surface area contributed by atoms with Crippen LogP contribution < -0.4 is 0 Å². The molecule has 0 aliphatic carbocycles. The van der Waals surface area contributed by atoms with Gasteiger partial charge in [0.05, 0.1) is 5.33 Å². The standard InChI is InChI=1S/C11H23BrO2Si/c1-9(10(13)7-12)8-14-15(5,6)11(2,3)4/h9H,7-8H2,1-6H3/t9-/m0/s1. The zero-order chi connectivity index (χ0) is 12.3. The number of hydrogen-bond donors (Lipinski definition) is 0. The van der Waals surface area contributed by atoms with E-state index >= 15 is 0 Å². The van der Waals surface area contributed by atoms with E-state index in [0.717, 1.165) is 0 Å². The van der Waals surface area contributed by atoms with Crippen molar-refractivity contribution >= 4 is 30.0 Å². The number of halogens is 1. The normalized spacial score (nSPS) is 15.1. The minimum Gasteiger partial charge on any atom is -0.416 e. The van der Waals surface area contributed by atoms with Crippen LogP contribution in [-0.4, -0.2) is 26.0 Å². The number of carbonyl (C=O) groups excluding carboxylic acids is 1. The third-order valence-electron chi connectivity index (χ3n) is 3.18. The van der Waals surface area contributed by atoms with E-state index in [1.807, 2.05) is 6.92 Å². The molecule has 90 valence electrons. The van der Waals surface area contributed by atoms with E-state index in [2.05, 4.69) is 49.8 Å². The van der Waals surface area contributed by atoms with E-state index in [-0.39, 0.29) is 16.7 Å². The van der Waals surface area contributed by atoms with Crippen molar-refractivity contribution in [2.45, 2.75) is 45.8 Å². The van der Waals surface area contributed by atoms with Crippen molar-refractivity contribution in [1.29, 1.82) is 0 Å². The van der Waals surface area contributed by atoms with Gasteiger partial charge in [0.2, 0.25) is 0 Å². The molecule has 0 bridgehead atoms. The van der Waals surface area contributed by atoms with Crippen LogP contribution in [0.15, 0.2) is 0 Å². The lowest BCUT2D eigenvalue weighted by molar-refractivity contribution is -0.120. The van der Waals surface area contributed by atoms with Crippen molar-refractivity contribution in [3.05, 3.63) is 0 Å². The summed E-state index contributed by atoms with van der Waals surface area (Å²) < 4.78 is 5.98. The smallest absolute Gasteiger partial charge is 0.192 e. The summed E-state index contributed by atoms with van der Waals surface area (Å²) in [7, 11) is -1.69. The first-order valence-electron chi connectivity index (χ1n) is 5.34. The summed E-state index contributed by atoms with van der Waals surface area (Å²) >= 11 is 3.18. The van der Waals surface area contributed by atoms with Gasteiger partial charge in [0, 0.05) is 12.5 Å². The highest BCUT2D eigenvalue weighted by atomic mass is 79.9. The van der Waals surface area contributed by atoms with Crippen molar-refractivity contribution in [1.82, 2.24) is 0 Å². The van der Waals surface area contributed by atoms with Crippen LogP contribution in [0.5, 0.6) is 0 Å². The van der Waals surface area contributed by atoms with Gasteiger partial charge in [-0.05, 0) is 18.1 Å². The third kappa shape index (κ3) is 4.79. The van der Waals surface area contributed by atoms with Gasteiger partial charge in [-0.3, -0.25) is 4.79 Å². The van der Waals surface area contributed by atoms with Gasteiger partial charge in [-0.2, -0.15) is 0 Å². The van der Waals surface area contributed by atoms with Gasteiger partial charge >= 0.3 is 0 Å². The topological polar surface area (TPSA) is 26.3 Å². The Morgan fingerprint density at radius 2 is 1.87 bits per heavy atom. The van der Waals surface area contributed by atoms with Crippen LogP contribution in [0, 0.1) is 5.92 Å². The summed E-state index contributed by atoms with van der Waals surface area (Å²) in [5.41, 5.74) is 0. The summed E-state index contributed by atoms with van der Waals surface area (Å²) in [4.78, 5) is 11.4. The highest BCUT2D eigenvalue weighted by Crippen LogP contribution is 2.36. The fraction of sp³-hybridized carbons (Fsp3) is 0.909. The predicted octanol–water partition coefficient (Wildman–Crippen LogP) is 3.61. The largest absolute Gasteiger partial charge is 0.416 e. The molecule has 0 spiro atoms. The van der Waals surface area contributed by atoms with Gasteiger partial charge in [-0.25, -0.2) is 0 Å². The van der Waals surface area contributed by atoms with E-state index in [1.54, 1.807) is 0 Å². The molecular weight excluding hydrogens is 272 g/mol. The average molecular weight is 295 g/mol. The van der Waals surface area contributed by atoms with Crippen LogP contribution in [0.4, 0.5) is 0 Å². The van der Waals surface area contributed by atoms with Crippen molar-refractivity contribution in [2.75, 3.05) is 11.9 Å². The number of hydrogen-bond acceptors (Lipinski definition) is 2. The Hall–Kier alpha value is 0.327. The monoisotopic (exact) mass is 294 g/mol. The van der Waals surface area contributed by atoms with E-state index < -0.39 is 8.32 Å². The van der Waals surface area contributed by atoms with Crippen LogP contribution in [-0.2, 0) is 9.22 Å². The summed E-state index contributed by atoms with van der Waals surface area (Å²) in [6.07, 6.45) is 0. The maximum Gasteiger partial charge on any atom is 0.192 e. The van der Waals surface area contributed by atoms with Gasteiger partial charge in [-0.1, -0.05) is 43.6 Å². The first-order valence-corrected chi connectivity index (χ1v) is 9.37. The second kappa shape index (κ2) is 5.59. The minimum atomic E-state index is -1.69. The van der Waals surface area contributed by atoms with Gasteiger partial charge < -0.3 is 4.43 Å². The van der Waals surface area contributed by atoms with Crippen LogP contribution >= 0.6 is 15.9 Å². The zero-order valence-electron chi connectivity index (χ0n) is 10.7. The highest BCUT2D eigenvalue weighted by molar-refractivity contribution is 9.09. The second-order valence-corrected chi connectivity index (χ2v) is 10.9. The summed E-state index contributed by atoms with van der Waals surface area (Å²) in [6, 6.07) is 0. The number of alkyl halides is 1. The maximum atomic E-state index is 11.4. The van der Waals surface area contributed by atoms with Crippen molar-refractivity contribution < 1.29 is 9.22 Å². The zero-order valence-corrected chi connectivity index (χ0v) is 13.3. The molecule has 0 aromatic rings. The van der Waals surface area contributed by atoms with Gasteiger partial charge in [0.1, 0.15) is 5.78 Å². The van der Waals surface area contributed by atoms with Gasteiger partial charge in [-0.15, -0.1) is 0 Å². The molecule has 0 N–H and O–H groups in total. The molecule has 1 atom stereocenters. The molecule has 0 saturated heterocycles. The summed E-state index contributed by atoms with van der Waals surface area (Å²) in [5, 5.41) is 0.638. The highest BCUT2D eigenvalue weighted by Gasteiger charge is 2.37. The Bertz CT molecular complexity index is 221. The van der Waals surface area contributed by atoms with Crippen LogP contribution in [0.1, 0.15) is 27.7 Å². The van der Waals surface area contributed by atoms with Crippen molar-refractivity contribution in [3.63, 3.8) is 0 Å². The average Bonchev–Trinajstić information content (AvgIpc) is 2.11. The Balaban J connectivity index is 4.22. The first kappa shape index (κ1) is 15.3. The molecule has 0 unspecified atom stereocenters. The van der Waals surface area contributed by atoms with E-state index in [4.69, 9.17) is 4.43 Å². The van der Waals surface area contributed by atoms with E-state index in [1.165, 1.54) is 0 Å². The second-order valence-electron chi connectivity index (χ2n) is 5.57. The molecule has 0 rings (SSSR count). The fourth-order valence-electron chi connectivity index (χ4n) is 0.774. The molecule has 4 heteroatoms. The van der Waals surface area contributed by atoms with E-state index in [9.17, 15) is 4.79 Å². The van der Waals surface area contributed by atoms with Crippen molar-refractivity contribution in [3.8, 4) is 0 Å². The number of ketones is 1. The molecule has 0 fully saturated rings. The molecule has 2 nitrogen and oxygen atoms in total. The van der Waals surface area contributed by atoms with Crippen LogP contribution in [0.2, 0.25) is 18.1 Å². The molecule has 0 saturated carbocycles. The molecule has 0 aromatic heterocycles. The summed E-state index contributed by atoms with van der Waals surface area (Å²) in [6.45, 7) is 13.5. The molecular formula is C11H23BrO2Si. The molecule has 0 aliphatic heterocycles. The Morgan fingerprint density at radius 3 is 2.20 bits per heavy atom. The van der Waals surface area contributed by atoms with Gasteiger partial charge in [0.15, 0.2) is 8.32 Å². The molecule has 0 heterocycles. The van der Waals surface area contributed by atoms with Crippen LogP contribution in [0.3, 0.4) is 0 Å². The number of rotatable bonds is 5. The van der Waals surface area contributed by atoms with E-state index in [0.29, 0.717) is 11.9 Å². The molecule has 0 radical (unpaired) electrons. The third-order valence-corrected chi connectivity index (χ3v) is 8.24. The quantitative estimate of drug-likeness (QED) is 0.572. The SMILES string of the molecule is C[C@@H](CO[Si](C)(C)C(C)(C)C)C(=O)CBr. The Morgan fingerprint density at radius 1 is 1.40 bits per heavy atom. The van der Waals surface area contributed by atoms with Crippen molar-refractivity contribution in [2.24, 2.45) is 5.92 Å². The number of carbonyl (C=O) groups is 1. The molecule has 15 heavy (non-hydrogen) atoms. The maximum absolute atomic E-state index is 11.4. The van der Waals surface area contributed by atoms with Crippen LogP contribution in [0.25, 0.3) is 0 Å². The molecule has 0 aliphatic rings. The summed E-state index contributed by atoms with van der Waals surface area (Å²) in [5.74, 6) is 0.215. The predicted molar refractivity (Wildman–Crippen MR) is 71.1 cm³/mol. The Kier molecular flexibility index (Phi) is 5.72. The number of Topliss-reactive ketones (excluding diaryl/α,β-unsaturated/α-hetero) is 1.